The summed E-state index contributed by atoms with van der Waals surface area (Å²) in [6, 6.07) is 0.987. The highest BCUT2D eigenvalue weighted by Crippen LogP contribution is 2.29. The Bertz CT molecular complexity index is 317. The van der Waals surface area contributed by atoms with E-state index in [1.54, 1.807) is 0 Å². The van der Waals surface area contributed by atoms with Gasteiger partial charge in [-0.25, -0.2) is 0 Å². The molecule has 0 radical (unpaired) electrons. The number of rotatable bonds is 3. The molecule has 0 aromatic carbocycles. The molecule has 6 heteroatoms. The van der Waals surface area contributed by atoms with Gasteiger partial charge >= 0.3 is 12.0 Å². The van der Waals surface area contributed by atoms with Crippen molar-refractivity contribution in [1.29, 1.82) is 0 Å². The minimum Gasteiger partial charge on any atom is -0.390 e. The van der Waals surface area contributed by atoms with Gasteiger partial charge in [-0.15, -0.1) is 0 Å². The van der Waals surface area contributed by atoms with Crippen LogP contribution >= 0.6 is 11.8 Å². The van der Waals surface area contributed by atoms with Crippen molar-refractivity contribution in [3.63, 3.8) is 0 Å². The second kappa shape index (κ2) is 4.74. The van der Waals surface area contributed by atoms with Crippen molar-refractivity contribution in [1.82, 2.24) is 10.2 Å². The molecule has 1 aromatic heterocycles. The lowest BCUT2D eigenvalue weighted by Crippen LogP contribution is -2.34. The SMILES string of the molecule is CSC1CCCCC1Nc1nnc(N)o1. The lowest BCUT2D eigenvalue weighted by Gasteiger charge is -2.30. The van der Waals surface area contributed by atoms with Crippen molar-refractivity contribution in [3.05, 3.63) is 0 Å². The first-order valence-corrected chi connectivity index (χ1v) is 6.46. The third-order valence-corrected chi connectivity index (χ3v) is 3.92. The van der Waals surface area contributed by atoms with E-state index in [4.69, 9.17) is 10.2 Å². The fourth-order valence-electron chi connectivity index (χ4n) is 2.00. The molecular weight excluding hydrogens is 212 g/mol. The molecule has 1 fully saturated rings. The zero-order valence-corrected chi connectivity index (χ0v) is 9.59. The van der Waals surface area contributed by atoms with Crippen LogP contribution < -0.4 is 11.1 Å². The van der Waals surface area contributed by atoms with Gasteiger partial charge in [-0.05, 0) is 19.1 Å². The van der Waals surface area contributed by atoms with E-state index in [1.165, 1.54) is 19.3 Å². The van der Waals surface area contributed by atoms with Crippen molar-refractivity contribution in [3.8, 4) is 0 Å². The summed E-state index contributed by atoms with van der Waals surface area (Å²) in [6.45, 7) is 0. The van der Waals surface area contributed by atoms with Crippen molar-refractivity contribution < 1.29 is 4.42 Å². The minimum absolute atomic E-state index is 0.119. The molecule has 1 aliphatic carbocycles. The highest BCUT2D eigenvalue weighted by molar-refractivity contribution is 7.99. The van der Waals surface area contributed by atoms with Crippen molar-refractivity contribution in [2.24, 2.45) is 0 Å². The largest absolute Gasteiger partial charge is 0.390 e. The van der Waals surface area contributed by atoms with Gasteiger partial charge in [0.15, 0.2) is 0 Å². The molecule has 2 rings (SSSR count). The molecule has 1 heterocycles. The minimum atomic E-state index is 0.119. The third-order valence-electron chi connectivity index (χ3n) is 2.75. The van der Waals surface area contributed by atoms with E-state index in [1.807, 2.05) is 11.8 Å². The lowest BCUT2D eigenvalue weighted by atomic mass is 9.95. The summed E-state index contributed by atoms with van der Waals surface area (Å²) in [7, 11) is 0. The Hall–Kier alpha value is -0.910. The van der Waals surface area contributed by atoms with Gasteiger partial charge in [0.1, 0.15) is 0 Å². The van der Waals surface area contributed by atoms with Crippen LogP contribution in [0.4, 0.5) is 12.0 Å². The van der Waals surface area contributed by atoms with Gasteiger partial charge in [0.05, 0.1) is 0 Å². The van der Waals surface area contributed by atoms with Gasteiger partial charge in [0.25, 0.3) is 0 Å². The number of hydrogen-bond acceptors (Lipinski definition) is 6. The zero-order chi connectivity index (χ0) is 10.7. The van der Waals surface area contributed by atoms with E-state index in [0.29, 0.717) is 17.3 Å². The van der Waals surface area contributed by atoms with Gasteiger partial charge in [-0.2, -0.15) is 11.8 Å². The van der Waals surface area contributed by atoms with Gasteiger partial charge in [0, 0.05) is 11.3 Å². The number of nitrogens with two attached hydrogens (primary N) is 1. The van der Waals surface area contributed by atoms with Crippen LogP contribution in [0.3, 0.4) is 0 Å². The van der Waals surface area contributed by atoms with Gasteiger partial charge in [-0.3, -0.25) is 0 Å². The molecule has 15 heavy (non-hydrogen) atoms. The summed E-state index contributed by atoms with van der Waals surface area (Å²) in [6.07, 6.45) is 7.14. The number of thioether (sulfide) groups is 1. The van der Waals surface area contributed by atoms with Crippen molar-refractivity contribution in [2.45, 2.75) is 37.0 Å². The van der Waals surface area contributed by atoms with E-state index in [-0.39, 0.29) is 6.01 Å². The molecule has 0 amide bonds. The van der Waals surface area contributed by atoms with Crippen LogP contribution in [-0.4, -0.2) is 27.7 Å². The maximum Gasteiger partial charge on any atom is 0.317 e. The van der Waals surface area contributed by atoms with Crippen LogP contribution in [0, 0.1) is 0 Å². The maximum absolute atomic E-state index is 5.37. The second-order valence-electron chi connectivity index (χ2n) is 3.75. The summed E-state index contributed by atoms with van der Waals surface area (Å²) < 4.78 is 5.11. The molecule has 84 valence electrons. The Balaban J connectivity index is 1.97. The smallest absolute Gasteiger partial charge is 0.317 e. The molecule has 5 nitrogen and oxygen atoms in total. The number of anilines is 2. The standard InChI is InChI=1S/C9H16N4OS/c1-15-7-5-3-2-4-6(7)11-9-13-12-8(10)14-9/h6-7H,2-5H2,1H3,(H2,10,12)(H,11,13). The van der Waals surface area contributed by atoms with Crippen LogP contribution in [0.25, 0.3) is 0 Å². The van der Waals surface area contributed by atoms with Gasteiger partial charge in [0.2, 0.25) is 0 Å². The van der Waals surface area contributed by atoms with Crippen molar-refractivity contribution in [2.75, 3.05) is 17.3 Å². The molecular formula is C9H16N4OS. The highest BCUT2D eigenvalue weighted by atomic mass is 32.2. The molecule has 3 N–H and O–H groups in total. The van der Waals surface area contributed by atoms with E-state index < -0.39 is 0 Å². The molecule has 2 atom stereocenters. The topological polar surface area (TPSA) is 77.0 Å². The first-order valence-electron chi connectivity index (χ1n) is 5.18. The van der Waals surface area contributed by atoms with Crippen LogP contribution in [-0.2, 0) is 0 Å². The number of nitrogens with one attached hydrogen (secondary N) is 1. The molecule has 0 spiro atoms. The maximum atomic E-state index is 5.37. The van der Waals surface area contributed by atoms with Crippen LogP contribution in [0.5, 0.6) is 0 Å². The van der Waals surface area contributed by atoms with Gasteiger partial charge < -0.3 is 15.5 Å². The molecule has 1 aliphatic rings. The Morgan fingerprint density at radius 3 is 2.87 bits per heavy atom. The first kappa shape index (κ1) is 10.6. The Labute approximate surface area is 93.2 Å². The lowest BCUT2D eigenvalue weighted by molar-refractivity contribution is 0.461. The third kappa shape index (κ3) is 2.56. The monoisotopic (exact) mass is 228 g/mol. The number of nitrogens with zero attached hydrogens (tertiary/aromatic N) is 2. The average Bonchev–Trinajstić information content (AvgIpc) is 2.65. The first-order chi connectivity index (χ1) is 7.29. The fourth-order valence-corrected chi connectivity index (χ4v) is 2.93. The van der Waals surface area contributed by atoms with E-state index in [0.717, 1.165) is 6.42 Å². The molecule has 0 saturated heterocycles. The van der Waals surface area contributed by atoms with E-state index in [9.17, 15) is 0 Å². The van der Waals surface area contributed by atoms with Crippen molar-refractivity contribution >= 4 is 23.8 Å². The summed E-state index contributed by atoms with van der Waals surface area (Å²) >= 11 is 1.90. The average molecular weight is 228 g/mol. The Morgan fingerprint density at radius 1 is 1.40 bits per heavy atom. The van der Waals surface area contributed by atoms with Crippen LogP contribution in [0.2, 0.25) is 0 Å². The van der Waals surface area contributed by atoms with Crippen LogP contribution in [0.15, 0.2) is 4.42 Å². The quantitative estimate of drug-likeness (QED) is 0.820. The van der Waals surface area contributed by atoms with E-state index in [2.05, 4.69) is 21.8 Å². The summed E-state index contributed by atoms with van der Waals surface area (Å²) in [5.41, 5.74) is 5.37. The van der Waals surface area contributed by atoms with Gasteiger partial charge in [-0.1, -0.05) is 23.0 Å². The number of hydrogen-bond donors (Lipinski definition) is 2. The predicted octanol–water partition coefficient (Wildman–Crippen LogP) is 1.74. The molecule has 2 unspecified atom stereocenters. The molecule has 1 aromatic rings. The summed E-state index contributed by atoms with van der Waals surface area (Å²) in [4.78, 5) is 0. The number of aromatic nitrogens is 2. The predicted molar refractivity (Wildman–Crippen MR) is 61.9 cm³/mol. The molecule has 1 saturated carbocycles. The second-order valence-corrected chi connectivity index (χ2v) is 4.83. The molecule has 0 aliphatic heterocycles. The summed E-state index contributed by atoms with van der Waals surface area (Å²) in [5, 5.41) is 11.3. The number of nitrogen functional groups attached to an aromatic ring is 1. The zero-order valence-electron chi connectivity index (χ0n) is 8.77. The summed E-state index contributed by atoms with van der Waals surface area (Å²) in [5.74, 6) is 0. The van der Waals surface area contributed by atoms with E-state index >= 15 is 0 Å². The highest BCUT2D eigenvalue weighted by Gasteiger charge is 2.25. The van der Waals surface area contributed by atoms with Crippen LogP contribution in [0.1, 0.15) is 25.7 Å². The normalized spacial score (nSPS) is 26.5. The Kier molecular flexibility index (Phi) is 3.35. The Morgan fingerprint density at radius 2 is 2.20 bits per heavy atom. The fraction of sp³-hybridized carbons (Fsp3) is 0.778. The molecule has 0 bridgehead atoms.